The first-order valence-electron chi connectivity index (χ1n) is 8.57. The van der Waals surface area contributed by atoms with Crippen LogP contribution in [-0.2, 0) is 12.8 Å². The molecule has 2 aliphatic rings. The predicted molar refractivity (Wildman–Crippen MR) is 87.9 cm³/mol. The van der Waals surface area contributed by atoms with Gasteiger partial charge in [-0.25, -0.2) is 0 Å². The van der Waals surface area contributed by atoms with Crippen LogP contribution in [0.1, 0.15) is 50.7 Å². The Balaban J connectivity index is 1.63. The number of hydrogen-bond acceptors (Lipinski definition) is 2. The average molecular weight is 287 g/mol. The van der Waals surface area contributed by atoms with Crippen LogP contribution in [0.5, 0.6) is 5.75 Å². The van der Waals surface area contributed by atoms with Gasteiger partial charge in [-0.1, -0.05) is 19.9 Å². The van der Waals surface area contributed by atoms with Gasteiger partial charge in [0.15, 0.2) is 0 Å². The fraction of sp³-hybridized carbons (Fsp3) is 0.684. The molecule has 1 fully saturated rings. The topological polar surface area (TPSA) is 21.3 Å². The van der Waals surface area contributed by atoms with Crippen LogP contribution < -0.4 is 10.1 Å². The van der Waals surface area contributed by atoms with Gasteiger partial charge in [0, 0.05) is 12.1 Å². The molecule has 1 saturated carbocycles. The lowest BCUT2D eigenvalue weighted by molar-refractivity contribution is 0.208. The van der Waals surface area contributed by atoms with E-state index in [2.05, 4.69) is 37.4 Å². The lowest BCUT2D eigenvalue weighted by atomic mass is 9.78. The first-order valence-corrected chi connectivity index (χ1v) is 8.57. The van der Waals surface area contributed by atoms with Crippen molar-refractivity contribution in [1.29, 1.82) is 0 Å². The highest BCUT2D eigenvalue weighted by molar-refractivity contribution is 5.37. The van der Waals surface area contributed by atoms with E-state index in [0.717, 1.165) is 30.0 Å². The fourth-order valence-electron chi connectivity index (χ4n) is 4.22. The van der Waals surface area contributed by atoms with E-state index in [1.807, 2.05) is 0 Å². The second-order valence-electron chi connectivity index (χ2n) is 7.24. The Labute approximate surface area is 129 Å². The number of nitrogens with one attached hydrogen (secondary N) is 1. The Hall–Kier alpha value is -1.02. The molecule has 2 nitrogen and oxygen atoms in total. The number of fused-ring (bicyclic) bond motifs is 1. The van der Waals surface area contributed by atoms with Crippen LogP contribution in [0.4, 0.5) is 0 Å². The molecule has 1 N–H and O–H groups in total. The Morgan fingerprint density at radius 3 is 2.71 bits per heavy atom. The minimum absolute atomic E-state index is 0.644. The first kappa shape index (κ1) is 14.9. The van der Waals surface area contributed by atoms with Crippen LogP contribution in [0, 0.1) is 11.8 Å². The fourth-order valence-corrected chi connectivity index (χ4v) is 4.22. The molecule has 0 saturated heterocycles. The number of methoxy groups -OCH3 is 1. The highest BCUT2D eigenvalue weighted by atomic mass is 16.5. The van der Waals surface area contributed by atoms with Gasteiger partial charge in [0.2, 0.25) is 0 Å². The summed E-state index contributed by atoms with van der Waals surface area (Å²) in [6.07, 6.45) is 7.76. The molecule has 0 aliphatic heterocycles. The van der Waals surface area contributed by atoms with Gasteiger partial charge in [0.05, 0.1) is 7.11 Å². The Morgan fingerprint density at radius 1 is 1.10 bits per heavy atom. The molecule has 4 atom stereocenters. The number of aryl methyl sites for hydroxylation is 1. The van der Waals surface area contributed by atoms with E-state index in [0.29, 0.717) is 6.04 Å². The zero-order valence-corrected chi connectivity index (χ0v) is 13.7. The van der Waals surface area contributed by atoms with E-state index in [1.165, 1.54) is 43.2 Å². The molecule has 0 bridgehead atoms. The summed E-state index contributed by atoms with van der Waals surface area (Å²) >= 11 is 0. The highest BCUT2D eigenvalue weighted by Crippen LogP contribution is 2.31. The minimum atomic E-state index is 0.644. The van der Waals surface area contributed by atoms with Crippen molar-refractivity contribution in [2.75, 3.05) is 7.11 Å². The third-order valence-electron chi connectivity index (χ3n) is 5.52. The summed E-state index contributed by atoms with van der Waals surface area (Å²) in [4.78, 5) is 0. The lowest BCUT2D eigenvalue weighted by Crippen LogP contribution is -2.46. The van der Waals surface area contributed by atoms with Gasteiger partial charge in [-0.3, -0.25) is 0 Å². The lowest BCUT2D eigenvalue weighted by Gasteiger charge is -2.37. The quantitative estimate of drug-likeness (QED) is 0.908. The Morgan fingerprint density at radius 2 is 1.95 bits per heavy atom. The number of rotatable bonds is 3. The van der Waals surface area contributed by atoms with Crippen molar-refractivity contribution in [2.24, 2.45) is 11.8 Å². The summed E-state index contributed by atoms with van der Waals surface area (Å²) in [5.74, 6) is 2.73. The van der Waals surface area contributed by atoms with Crippen molar-refractivity contribution < 1.29 is 4.74 Å². The second kappa shape index (κ2) is 6.39. The zero-order chi connectivity index (χ0) is 14.8. The molecule has 0 spiro atoms. The zero-order valence-electron chi connectivity index (χ0n) is 13.7. The standard InChI is InChI=1S/C19H29NO/c1-13-4-9-19(14(2)10-13)20-17-7-5-15-6-8-18(21-3)12-16(15)11-17/h6,8,12-14,17,19-20H,4-5,7,9-11H2,1-3H3. The Kier molecular flexibility index (Phi) is 4.54. The predicted octanol–water partition coefficient (Wildman–Crippen LogP) is 3.97. The summed E-state index contributed by atoms with van der Waals surface area (Å²) in [5.41, 5.74) is 2.99. The summed E-state index contributed by atoms with van der Waals surface area (Å²) in [6, 6.07) is 7.94. The van der Waals surface area contributed by atoms with Gasteiger partial charge in [0.1, 0.15) is 5.75 Å². The van der Waals surface area contributed by atoms with Crippen LogP contribution in [0.25, 0.3) is 0 Å². The van der Waals surface area contributed by atoms with Crippen molar-refractivity contribution in [3.05, 3.63) is 29.3 Å². The molecule has 0 aromatic heterocycles. The SMILES string of the molecule is COc1ccc2c(c1)CC(NC1CCC(C)CC1C)CC2. The van der Waals surface area contributed by atoms with Crippen LogP contribution >= 0.6 is 0 Å². The van der Waals surface area contributed by atoms with Crippen LogP contribution in [0.2, 0.25) is 0 Å². The van der Waals surface area contributed by atoms with E-state index in [4.69, 9.17) is 4.74 Å². The number of benzene rings is 1. The van der Waals surface area contributed by atoms with Crippen LogP contribution in [0.15, 0.2) is 18.2 Å². The van der Waals surface area contributed by atoms with Gasteiger partial charge in [-0.2, -0.15) is 0 Å². The smallest absolute Gasteiger partial charge is 0.119 e. The molecule has 3 rings (SSSR count). The van der Waals surface area contributed by atoms with E-state index in [9.17, 15) is 0 Å². The third kappa shape index (κ3) is 3.42. The molecule has 0 amide bonds. The molecule has 4 unspecified atom stereocenters. The van der Waals surface area contributed by atoms with Crippen molar-refractivity contribution in [1.82, 2.24) is 5.32 Å². The van der Waals surface area contributed by atoms with Crippen molar-refractivity contribution in [2.45, 2.75) is 64.5 Å². The maximum atomic E-state index is 5.37. The van der Waals surface area contributed by atoms with Crippen molar-refractivity contribution in [3.8, 4) is 5.75 Å². The number of hydrogen-bond donors (Lipinski definition) is 1. The van der Waals surface area contributed by atoms with Crippen LogP contribution in [-0.4, -0.2) is 19.2 Å². The average Bonchev–Trinajstić information content (AvgIpc) is 2.49. The van der Waals surface area contributed by atoms with E-state index in [1.54, 1.807) is 7.11 Å². The summed E-state index contributed by atoms with van der Waals surface area (Å²) in [6.45, 7) is 4.82. The number of ether oxygens (including phenoxy) is 1. The highest BCUT2D eigenvalue weighted by Gasteiger charge is 2.28. The summed E-state index contributed by atoms with van der Waals surface area (Å²) in [5, 5.41) is 3.97. The normalized spacial score (nSPS) is 32.5. The molecular weight excluding hydrogens is 258 g/mol. The van der Waals surface area contributed by atoms with E-state index < -0.39 is 0 Å². The molecular formula is C19H29NO. The first-order chi connectivity index (χ1) is 10.2. The van der Waals surface area contributed by atoms with Gasteiger partial charge < -0.3 is 10.1 Å². The van der Waals surface area contributed by atoms with Crippen molar-refractivity contribution in [3.63, 3.8) is 0 Å². The maximum Gasteiger partial charge on any atom is 0.119 e. The molecule has 1 aromatic carbocycles. The second-order valence-corrected chi connectivity index (χ2v) is 7.24. The van der Waals surface area contributed by atoms with E-state index >= 15 is 0 Å². The molecule has 116 valence electrons. The third-order valence-corrected chi connectivity index (χ3v) is 5.52. The maximum absolute atomic E-state index is 5.37. The largest absolute Gasteiger partial charge is 0.497 e. The van der Waals surface area contributed by atoms with E-state index in [-0.39, 0.29) is 0 Å². The monoisotopic (exact) mass is 287 g/mol. The molecule has 21 heavy (non-hydrogen) atoms. The molecule has 2 heteroatoms. The van der Waals surface area contributed by atoms with Gasteiger partial charge in [-0.15, -0.1) is 0 Å². The Bertz CT molecular complexity index is 484. The van der Waals surface area contributed by atoms with Crippen LogP contribution in [0.3, 0.4) is 0 Å². The van der Waals surface area contributed by atoms with Gasteiger partial charge >= 0.3 is 0 Å². The molecule has 0 heterocycles. The molecule has 1 aromatic rings. The summed E-state index contributed by atoms with van der Waals surface area (Å²) in [7, 11) is 1.76. The molecule has 0 radical (unpaired) electrons. The van der Waals surface area contributed by atoms with Gasteiger partial charge in [0.25, 0.3) is 0 Å². The van der Waals surface area contributed by atoms with Gasteiger partial charge in [-0.05, 0) is 73.6 Å². The van der Waals surface area contributed by atoms with Crippen molar-refractivity contribution >= 4 is 0 Å². The minimum Gasteiger partial charge on any atom is -0.497 e. The summed E-state index contributed by atoms with van der Waals surface area (Å²) < 4.78 is 5.37. The molecule has 2 aliphatic carbocycles.